The highest BCUT2D eigenvalue weighted by Gasteiger charge is 2.40. The molecule has 0 aliphatic heterocycles. The molecule has 0 bridgehead atoms. The second kappa shape index (κ2) is 6.40. The number of carbonyl (C=O) groups excluding carboxylic acids is 1. The number of hydrogen-bond acceptors (Lipinski definition) is 3. The zero-order valence-electron chi connectivity index (χ0n) is 12.7. The molecule has 0 aromatic heterocycles. The Hall–Kier alpha value is -1.35. The van der Waals surface area contributed by atoms with E-state index in [4.69, 9.17) is 4.74 Å². The molecule has 0 heterocycles. The van der Waals surface area contributed by atoms with E-state index in [1.807, 2.05) is 6.92 Å². The van der Waals surface area contributed by atoms with Crippen LogP contribution >= 0.6 is 0 Å². The maximum absolute atomic E-state index is 12.4. The van der Waals surface area contributed by atoms with Crippen LogP contribution in [0.5, 0.6) is 0 Å². The van der Waals surface area contributed by atoms with Gasteiger partial charge < -0.3 is 4.74 Å². The minimum Gasteiger partial charge on any atom is -0.467 e. The fraction of sp³-hybridized carbons (Fsp3) is 0.588. The third kappa shape index (κ3) is 3.04. The van der Waals surface area contributed by atoms with Gasteiger partial charge in [0.1, 0.15) is 5.54 Å². The molecule has 1 atom stereocenters. The molecule has 3 heteroatoms. The molecule has 1 unspecified atom stereocenters. The van der Waals surface area contributed by atoms with Crippen LogP contribution in [0, 0.1) is 5.92 Å². The van der Waals surface area contributed by atoms with Gasteiger partial charge in [0, 0.05) is 0 Å². The molecule has 1 aliphatic carbocycles. The summed E-state index contributed by atoms with van der Waals surface area (Å²) in [5, 5.41) is 3.47. The second-order valence-corrected chi connectivity index (χ2v) is 5.63. The molecule has 0 amide bonds. The van der Waals surface area contributed by atoms with E-state index in [1.54, 1.807) is 0 Å². The first-order valence-electron chi connectivity index (χ1n) is 7.59. The van der Waals surface area contributed by atoms with E-state index < -0.39 is 5.54 Å². The van der Waals surface area contributed by atoms with Gasteiger partial charge in [0.25, 0.3) is 0 Å². The number of hydrogen-bond donors (Lipinski definition) is 1. The number of carbonyl (C=O) groups is 1. The lowest BCUT2D eigenvalue weighted by Gasteiger charge is -2.32. The number of esters is 1. The average Bonchev–Trinajstić information content (AvgIpc) is 3.32. The number of ether oxygens (including phenoxy) is 1. The van der Waals surface area contributed by atoms with Crippen molar-refractivity contribution in [2.75, 3.05) is 13.7 Å². The highest BCUT2D eigenvalue weighted by atomic mass is 16.5. The van der Waals surface area contributed by atoms with Crippen LogP contribution in [-0.2, 0) is 21.5 Å². The van der Waals surface area contributed by atoms with Gasteiger partial charge in [-0.2, -0.15) is 0 Å². The summed E-state index contributed by atoms with van der Waals surface area (Å²) in [4.78, 5) is 12.4. The van der Waals surface area contributed by atoms with Crippen LogP contribution in [0.1, 0.15) is 44.2 Å². The molecule has 2 rings (SSSR count). The van der Waals surface area contributed by atoms with Crippen LogP contribution < -0.4 is 5.32 Å². The molecule has 1 aromatic carbocycles. The maximum atomic E-state index is 12.4. The minimum atomic E-state index is -0.705. The van der Waals surface area contributed by atoms with Crippen LogP contribution in [0.15, 0.2) is 24.3 Å². The van der Waals surface area contributed by atoms with Crippen LogP contribution in [0.4, 0.5) is 0 Å². The van der Waals surface area contributed by atoms with Crippen LogP contribution in [0.2, 0.25) is 0 Å². The van der Waals surface area contributed by atoms with E-state index in [9.17, 15) is 4.79 Å². The van der Waals surface area contributed by atoms with Gasteiger partial charge in [-0.25, -0.2) is 4.79 Å². The molecule has 1 saturated carbocycles. The molecular weight excluding hydrogens is 250 g/mol. The minimum absolute atomic E-state index is 0.190. The van der Waals surface area contributed by atoms with Crippen molar-refractivity contribution in [1.82, 2.24) is 5.32 Å². The Morgan fingerprint density at radius 2 is 1.95 bits per heavy atom. The van der Waals surface area contributed by atoms with Crippen molar-refractivity contribution >= 4 is 5.97 Å². The average molecular weight is 275 g/mol. The number of rotatable bonds is 7. The van der Waals surface area contributed by atoms with Crippen molar-refractivity contribution < 1.29 is 9.53 Å². The highest BCUT2D eigenvalue weighted by molar-refractivity contribution is 5.82. The Balaban J connectivity index is 2.28. The number of nitrogens with one attached hydrogen (secondary N) is 1. The summed E-state index contributed by atoms with van der Waals surface area (Å²) in [6, 6.07) is 8.31. The first kappa shape index (κ1) is 15.0. The normalized spacial score (nSPS) is 17.6. The predicted octanol–water partition coefficient (Wildman–Crippen LogP) is 3.03. The fourth-order valence-corrected chi connectivity index (χ4v) is 2.61. The molecule has 3 nitrogen and oxygen atoms in total. The Morgan fingerprint density at radius 1 is 1.30 bits per heavy atom. The summed E-state index contributed by atoms with van der Waals surface area (Å²) in [5.74, 6) is 0.533. The molecule has 1 aromatic rings. The summed E-state index contributed by atoms with van der Waals surface area (Å²) in [6.45, 7) is 5.05. The zero-order valence-corrected chi connectivity index (χ0v) is 12.7. The van der Waals surface area contributed by atoms with Crippen LogP contribution in [0.3, 0.4) is 0 Å². The van der Waals surface area contributed by atoms with E-state index >= 15 is 0 Å². The number of benzene rings is 1. The lowest BCUT2D eigenvalue weighted by atomic mass is 9.86. The standard InChI is InChI=1S/C17H25NO2/c1-4-13-8-10-15(11-9-13)17(5-2,16(19)20-3)18-12-14-6-7-14/h8-11,14,18H,4-7,12H2,1-3H3. The van der Waals surface area contributed by atoms with Gasteiger partial charge >= 0.3 is 5.97 Å². The molecule has 1 fully saturated rings. The number of aryl methyl sites for hydroxylation is 1. The van der Waals surface area contributed by atoms with Gasteiger partial charge in [-0.3, -0.25) is 5.32 Å². The first-order chi connectivity index (χ1) is 9.66. The van der Waals surface area contributed by atoms with Crippen molar-refractivity contribution in [2.45, 2.75) is 45.1 Å². The van der Waals surface area contributed by atoms with Crippen molar-refractivity contribution in [2.24, 2.45) is 5.92 Å². The van der Waals surface area contributed by atoms with Gasteiger partial charge in [0.05, 0.1) is 7.11 Å². The largest absolute Gasteiger partial charge is 0.467 e. The molecule has 0 radical (unpaired) electrons. The zero-order chi connectivity index (χ0) is 14.6. The SMILES string of the molecule is CCc1ccc(C(CC)(NCC2CC2)C(=O)OC)cc1. The Bertz CT molecular complexity index is 451. The summed E-state index contributed by atoms with van der Waals surface area (Å²) in [5.41, 5.74) is 1.58. The summed E-state index contributed by atoms with van der Waals surface area (Å²) >= 11 is 0. The Labute approximate surface area is 121 Å². The Morgan fingerprint density at radius 3 is 2.40 bits per heavy atom. The van der Waals surface area contributed by atoms with E-state index in [2.05, 4.69) is 36.5 Å². The van der Waals surface area contributed by atoms with E-state index in [0.29, 0.717) is 6.42 Å². The second-order valence-electron chi connectivity index (χ2n) is 5.63. The summed E-state index contributed by atoms with van der Waals surface area (Å²) < 4.78 is 5.07. The predicted molar refractivity (Wildman–Crippen MR) is 80.5 cm³/mol. The maximum Gasteiger partial charge on any atom is 0.330 e. The smallest absolute Gasteiger partial charge is 0.330 e. The molecule has 110 valence electrons. The van der Waals surface area contributed by atoms with Gasteiger partial charge in [-0.05, 0) is 49.3 Å². The summed E-state index contributed by atoms with van der Waals surface area (Å²) in [6.07, 6.45) is 4.23. The van der Waals surface area contributed by atoms with Crippen molar-refractivity contribution in [1.29, 1.82) is 0 Å². The van der Waals surface area contributed by atoms with E-state index in [0.717, 1.165) is 24.4 Å². The molecule has 20 heavy (non-hydrogen) atoms. The van der Waals surface area contributed by atoms with Gasteiger partial charge in [-0.15, -0.1) is 0 Å². The van der Waals surface area contributed by atoms with Gasteiger partial charge in [-0.1, -0.05) is 38.1 Å². The molecule has 1 N–H and O–H groups in total. The molecule has 0 spiro atoms. The van der Waals surface area contributed by atoms with E-state index in [-0.39, 0.29) is 5.97 Å². The van der Waals surface area contributed by atoms with Crippen LogP contribution in [0.25, 0.3) is 0 Å². The molecule has 1 aliphatic rings. The first-order valence-corrected chi connectivity index (χ1v) is 7.59. The topological polar surface area (TPSA) is 38.3 Å². The summed E-state index contributed by atoms with van der Waals surface area (Å²) in [7, 11) is 1.46. The lowest BCUT2D eigenvalue weighted by molar-refractivity contribution is -0.149. The van der Waals surface area contributed by atoms with Crippen LogP contribution in [-0.4, -0.2) is 19.6 Å². The lowest BCUT2D eigenvalue weighted by Crippen LogP contribution is -2.50. The van der Waals surface area contributed by atoms with Crippen molar-refractivity contribution in [3.8, 4) is 0 Å². The quantitative estimate of drug-likeness (QED) is 0.777. The Kier molecular flexibility index (Phi) is 4.81. The fourth-order valence-electron chi connectivity index (χ4n) is 2.61. The monoisotopic (exact) mass is 275 g/mol. The van der Waals surface area contributed by atoms with Crippen molar-refractivity contribution in [3.63, 3.8) is 0 Å². The van der Waals surface area contributed by atoms with Gasteiger partial charge in [0.2, 0.25) is 0 Å². The van der Waals surface area contributed by atoms with Crippen molar-refractivity contribution in [3.05, 3.63) is 35.4 Å². The highest BCUT2D eigenvalue weighted by Crippen LogP contribution is 2.32. The number of methoxy groups -OCH3 is 1. The molecule has 0 saturated heterocycles. The third-order valence-corrected chi connectivity index (χ3v) is 4.31. The van der Waals surface area contributed by atoms with Gasteiger partial charge in [0.15, 0.2) is 0 Å². The third-order valence-electron chi connectivity index (χ3n) is 4.31. The van der Waals surface area contributed by atoms with E-state index in [1.165, 1.54) is 25.5 Å². The molecular formula is C17H25NO2.